The molecule has 6 aromatic carbocycles. The van der Waals surface area contributed by atoms with Crippen molar-refractivity contribution in [2.24, 2.45) is 4.99 Å². The molecule has 0 bridgehead atoms. The van der Waals surface area contributed by atoms with Gasteiger partial charge in [-0.2, -0.15) is 0 Å². The number of oxazole rings is 1. The quantitative estimate of drug-likeness (QED) is 0.193. The highest BCUT2D eigenvalue weighted by Gasteiger charge is 2.20. The van der Waals surface area contributed by atoms with Crippen molar-refractivity contribution >= 4 is 33.8 Å². The number of aliphatic imine (C=N–C) groups is 1. The fraction of sp³-hybridized carbons (Fsp3) is 0.182. The monoisotopic (exact) mass is 628 g/mol. The summed E-state index contributed by atoms with van der Waals surface area (Å²) in [7, 11) is 0. The van der Waals surface area contributed by atoms with Gasteiger partial charge in [0.25, 0.3) is 0 Å². The summed E-state index contributed by atoms with van der Waals surface area (Å²) < 4.78 is 6.61. The van der Waals surface area contributed by atoms with Gasteiger partial charge in [-0.15, -0.1) is 0 Å². The van der Waals surface area contributed by atoms with Crippen LogP contribution < -0.4 is 0 Å². The largest absolute Gasteiger partial charge is 0.507 e. The van der Waals surface area contributed by atoms with E-state index >= 15 is 0 Å². The molecule has 1 aromatic heterocycles. The first-order chi connectivity index (χ1) is 23.0. The molecule has 0 aliphatic heterocycles. The maximum Gasteiger partial charge on any atom is 0.229 e. The van der Waals surface area contributed by atoms with Crippen molar-refractivity contribution < 1.29 is 9.52 Å². The van der Waals surface area contributed by atoms with Gasteiger partial charge >= 0.3 is 0 Å². The molecular formula is C44H40N2O2. The predicted octanol–water partition coefficient (Wildman–Crippen LogP) is 12.0. The Morgan fingerprint density at radius 2 is 1.29 bits per heavy atom. The van der Waals surface area contributed by atoms with Crippen molar-refractivity contribution in [2.45, 2.75) is 52.4 Å². The van der Waals surface area contributed by atoms with Crippen LogP contribution in [0.1, 0.15) is 58.2 Å². The summed E-state index contributed by atoms with van der Waals surface area (Å²) in [5.74, 6) is 0.681. The van der Waals surface area contributed by atoms with Gasteiger partial charge in [-0.1, -0.05) is 126 Å². The maximum atomic E-state index is 10.6. The molecule has 0 saturated carbocycles. The van der Waals surface area contributed by atoms with Crippen LogP contribution >= 0.6 is 0 Å². The van der Waals surface area contributed by atoms with Crippen LogP contribution in [0.2, 0.25) is 0 Å². The first kappa shape index (κ1) is 31.1. The normalized spacial score (nSPS) is 12.4. The van der Waals surface area contributed by atoms with Crippen molar-refractivity contribution in [3.8, 4) is 39.5 Å². The van der Waals surface area contributed by atoms with Crippen LogP contribution in [0.5, 0.6) is 5.75 Å². The van der Waals surface area contributed by atoms with Gasteiger partial charge in [-0.3, -0.25) is 4.99 Å². The minimum Gasteiger partial charge on any atom is -0.507 e. The van der Waals surface area contributed by atoms with Crippen LogP contribution in [0.15, 0.2) is 131 Å². The molecule has 0 spiro atoms. The Kier molecular flexibility index (Phi) is 7.75. The van der Waals surface area contributed by atoms with Gasteiger partial charge in [-0.05, 0) is 85.8 Å². The van der Waals surface area contributed by atoms with Crippen molar-refractivity contribution in [3.63, 3.8) is 0 Å². The zero-order chi connectivity index (χ0) is 33.6. The predicted molar refractivity (Wildman–Crippen MR) is 201 cm³/mol. The molecule has 238 valence electrons. The smallest absolute Gasteiger partial charge is 0.229 e. The maximum absolute atomic E-state index is 10.6. The molecule has 48 heavy (non-hydrogen) atoms. The van der Waals surface area contributed by atoms with E-state index in [1.54, 1.807) is 12.3 Å². The van der Waals surface area contributed by atoms with Gasteiger partial charge in [-0.25, -0.2) is 4.98 Å². The molecule has 0 aliphatic carbocycles. The zero-order valence-corrected chi connectivity index (χ0v) is 28.4. The number of hydrogen-bond donors (Lipinski definition) is 1. The fourth-order valence-corrected chi connectivity index (χ4v) is 6.17. The summed E-state index contributed by atoms with van der Waals surface area (Å²) in [5.41, 5.74) is 10.4. The Bertz CT molecular complexity index is 2310. The average molecular weight is 629 g/mol. The van der Waals surface area contributed by atoms with E-state index in [2.05, 4.69) is 120 Å². The number of aromatic hydroxyl groups is 1. The molecular weight excluding hydrogens is 588 g/mol. The SMILES string of the molecule is CC(C)(C)c1ccc(-c2cc(-c3cccc4ccccc34)c3nc(-c4ccccc4N=Cc4cc(C(C)(C)C)ccc4O)oc3c2)cc1. The number of phenolic OH excluding ortho intramolecular Hbond substituents is 1. The van der Waals surface area contributed by atoms with Gasteiger partial charge in [0.1, 0.15) is 11.3 Å². The van der Waals surface area contributed by atoms with Crippen molar-refractivity contribution in [2.75, 3.05) is 0 Å². The minimum atomic E-state index is -0.0539. The Morgan fingerprint density at radius 3 is 2.06 bits per heavy atom. The van der Waals surface area contributed by atoms with Crippen LogP contribution in [-0.2, 0) is 10.8 Å². The van der Waals surface area contributed by atoms with E-state index < -0.39 is 0 Å². The van der Waals surface area contributed by atoms with Gasteiger partial charge in [0.05, 0.1) is 11.3 Å². The van der Waals surface area contributed by atoms with Gasteiger partial charge < -0.3 is 9.52 Å². The molecule has 0 unspecified atom stereocenters. The van der Waals surface area contributed by atoms with Gasteiger partial charge in [0.15, 0.2) is 5.58 Å². The molecule has 4 heteroatoms. The van der Waals surface area contributed by atoms with E-state index in [0.29, 0.717) is 22.7 Å². The number of phenols is 1. The second-order valence-electron chi connectivity index (χ2n) is 14.5. The Hall–Kier alpha value is -5.48. The van der Waals surface area contributed by atoms with E-state index in [9.17, 15) is 5.11 Å². The molecule has 4 nitrogen and oxygen atoms in total. The lowest BCUT2D eigenvalue weighted by molar-refractivity contribution is 0.473. The van der Waals surface area contributed by atoms with Gasteiger partial charge in [0.2, 0.25) is 5.89 Å². The van der Waals surface area contributed by atoms with Crippen molar-refractivity contribution in [3.05, 3.63) is 138 Å². The molecule has 0 aliphatic rings. The standard InChI is InChI=1S/C44H40N2O2/c1-43(2,3)32-20-18-28(19-21-32)30-25-37(35-16-11-13-29-12-7-8-14-34(29)35)41-40(26-30)48-42(46-41)36-15-9-10-17-38(36)45-27-31-24-33(44(4,5)6)22-23-39(31)47/h7-27,47H,1-6H3. The molecule has 0 saturated heterocycles. The number of rotatable bonds is 5. The highest BCUT2D eigenvalue weighted by atomic mass is 16.3. The number of hydrogen-bond acceptors (Lipinski definition) is 4. The summed E-state index contributed by atoms with van der Waals surface area (Å²) in [5, 5.41) is 13.0. The Labute approximate surface area is 282 Å². The average Bonchev–Trinajstić information content (AvgIpc) is 3.51. The van der Waals surface area contributed by atoms with E-state index in [4.69, 9.17) is 14.4 Å². The molecule has 7 rings (SSSR count). The summed E-state index contributed by atoms with van der Waals surface area (Å²) >= 11 is 0. The highest BCUT2D eigenvalue weighted by molar-refractivity contribution is 6.05. The van der Waals surface area contributed by atoms with E-state index in [1.807, 2.05) is 36.4 Å². The Morgan fingerprint density at radius 1 is 0.625 bits per heavy atom. The number of benzene rings is 6. The number of nitrogens with zero attached hydrogens (tertiary/aromatic N) is 2. The number of para-hydroxylation sites is 1. The molecule has 1 heterocycles. The van der Waals surface area contributed by atoms with E-state index in [-0.39, 0.29) is 16.6 Å². The third-order valence-corrected chi connectivity index (χ3v) is 9.03. The van der Waals surface area contributed by atoms with Crippen LogP contribution in [0.25, 0.3) is 55.6 Å². The fourth-order valence-electron chi connectivity index (χ4n) is 6.17. The lowest BCUT2D eigenvalue weighted by Crippen LogP contribution is -2.11. The summed E-state index contributed by atoms with van der Waals surface area (Å²) in [6.45, 7) is 13.2. The zero-order valence-electron chi connectivity index (χ0n) is 28.4. The number of aromatic nitrogens is 1. The van der Waals surface area contributed by atoms with E-state index in [1.165, 1.54) is 10.9 Å². The summed E-state index contributed by atoms with van der Waals surface area (Å²) in [4.78, 5) is 9.97. The van der Waals surface area contributed by atoms with Crippen LogP contribution in [-0.4, -0.2) is 16.3 Å². The lowest BCUT2D eigenvalue weighted by Gasteiger charge is -2.19. The first-order valence-corrected chi connectivity index (χ1v) is 16.5. The van der Waals surface area contributed by atoms with Crippen molar-refractivity contribution in [1.82, 2.24) is 4.98 Å². The van der Waals surface area contributed by atoms with Crippen molar-refractivity contribution in [1.29, 1.82) is 0 Å². The third kappa shape index (κ3) is 6.02. The first-order valence-electron chi connectivity index (χ1n) is 16.5. The molecule has 7 aromatic rings. The Balaban J connectivity index is 1.38. The second-order valence-corrected chi connectivity index (χ2v) is 14.5. The van der Waals surface area contributed by atoms with Crippen LogP contribution in [0.3, 0.4) is 0 Å². The van der Waals surface area contributed by atoms with Crippen LogP contribution in [0.4, 0.5) is 5.69 Å². The number of fused-ring (bicyclic) bond motifs is 2. The third-order valence-electron chi connectivity index (χ3n) is 9.03. The van der Waals surface area contributed by atoms with Crippen LogP contribution in [0, 0.1) is 0 Å². The topological polar surface area (TPSA) is 58.6 Å². The van der Waals surface area contributed by atoms with E-state index in [0.717, 1.165) is 44.3 Å². The molecule has 0 fully saturated rings. The molecule has 1 N–H and O–H groups in total. The highest BCUT2D eigenvalue weighted by Crippen LogP contribution is 2.41. The molecule has 0 radical (unpaired) electrons. The molecule has 0 atom stereocenters. The second kappa shape index (κ2) is 12.0. The minimum absolute atomic E-state index is 0.0539. The summed E-state index contributed by atoms with van der Waals surface area (Å²) in [6.07, 6.45) is 1.72. The summed E-state index contributed by atoms with van der Waals surface area (Å²) in [6, 6.07) is 41.5. The molecule has 0 amide bonds. The lowest BCUT2D eigenvalue weighted by atomic mass is 9.86. The van der Waals surface area contributed by atoms with Gasteiger partial charge in [0, 0.05) is 17.3 Å².